The number of hydrogen-bond acceptors (Lipinski definition) is 4. The van der Waals surface area contributed by atoms with Crippen molar-refractivity contribution in [3.63, 3.8) is 0 Å². The molecule has 0 aliphatic carbocycles. The summed E-state index contributed by atoms with van der Waals surface area (Å²) < 4.78 is 13.0. The van der Waals surface area contributed by atoms with Crippen molar-refractivity contribution in [1.29, 1.82) is 0 Å². The minimum Gasteiger partial charge on any atom is -0.491 e. The van der Waals surface area contributed by atoms with E-state index in [1.165, 1.54) is 0 Å². The second-order valence-corrected chi connectivity index (χ2v) is 6.18. The highest BCUT2D eigenvalue weighted by atomic mass is 16.5. The molecular weight excluding hydrogens is 318 g/mol. The van der Waals surface area contributed by atoms with Gasteiger partial charge in [0.1, 0.15) is 19.0 Å². The molecule has 1 aromatic carbocycles. The molecule has 6 nitrogen and oxygen atoms in total. The summed E-state index contributed by atoms with van der Waals surface area (Å²) in [6.45, 7) is 2.49. The Morgan fingerprint density at radius 3 is 2.84 bits per heavy atom. The van der Waals surface area contributed by atoms with E-state index in [-0.39, 0.29) is 18.6 Å². The number of hydrogen-bond donors (Lipinski definition) is 0. The van der Waals surface area contributed by atoms with Crippen LogP contribution in [0.25, 0.3) is 0 Å². The first-order valence-corrected chi connectivity index (χ1v) is 8.85. The number of benzene rings is 1. The summed E-state index contributed by atoms with van der Waals surface area (Å²) in [7, 11) is 0. The smallest absolute Gasteiger partial charge is 0.248 e. The highest BCUT2D eigenvalue weighted by molar-refractivity contribution is 5.77. The fourth-order valence-electron chi connectivity index (χ4n) is 3.12. The number of amides is 1. The van der Waals surface area contributed by atoms with Crippen LogP contribution in [-0.2, 0) is 16.1 Å². The summed E-state index contributed by atoms with van der Waals surface area (Å²) in [6, 6.07) is 11.7. The number of piperidine rings is 1. The van der Waals surface area contributed by atoms with Gasteiger partial charge in [-0.1, -0.05) is 18.2 Å². The van der Waals surface area contributed by atoms with Gasteiger partial charge < -0.3 is 14.4 Å². The molecule has 1 fully saturated rings. The SMILES string of the molecule is O=C(COCCOc1ccccc1)N1CCCCC1Cn1cccn1. The highest BCUT2D eigenvalue weighted by Crippen LogP contribution is 2.18. The lowest BCUT2D eigenvalue weighted by Crippen LogP contribution is -2.47. The van der Waals surface area contributed by atoms with Gasteiger partial charge in [-0.05, 0) is 37.5 Å². The number of carbonyl (C=O) groups excluding carboxylic acids is 1. The lowest BCUT2D eigenvalue weighted by atomic mass is 10.0. The molecule has 1 unspecified atom stereocenters. The predicted molar refractivity (Wildman–Crippen MR) is 94.3 cm³/mol. The number of ether oxygens (including phenoxy) is 2. The van der Waals surface area contributed by atoms with Gasteiger partial charge in [0.15, 0.2) is 0 Å². The summed E-state index contributed by atoms with van der Waals surface area (Å²) in [4.78, 5) is 14.4. The van der Waals surface area contributed by atoms with Crippen LogP contribution in [0.5, 0.6) is 5.75 Å². The number of aromatic nitrogens is 2. The maximum Gasteiger partial charge on any atom is 0.248 e. The van der Waals surface area contributed by atoms with Crippen LogP contribution < -0.4 is 4.74 Å². The van der Waals surface area contributed by atoms with Crippen LogP contribution in [-0.4, -0.2) is 53.0 Å². The highest BCUT2D eigenvalue weighted by Gasteiger charge is 2.26. The van der Waals surface area contributed by atoms with E-state index in [0.717, 1.165) is 38.1 Å². The van der Waals surface area contributed by atoms with E-state index < -0.39 is 0 Å². The van der Waals surface area contributed by atoms with Gasteiger partial charge in [0.05, 0.1) is 19.2 Å². The van der Waals surface area contributed by atoms with Crippen molar-refractivity contribution in [2.45, 2.75) is 31.8 Å². The first-order chi connectivity index (χ1) is 12.3. The van der Waals surface area contributed by atoms with E-state index in [2.05, 4.69) is 5.10 Å². The number of likely N-dealkylation sites (tertiary alicyclic amines) is 1. The molecule has 1 amide bonds. The van der Waals surface area contributed by atoms with Crippen LogP contribution in [0, 0.1) is 0 Å². The Bertz CT molecular complexity index is 631. The standard InChI is InChI=1S/C19H25N3O3/c23-19(16-24-13-14-25-18-8-2-1-3-9-18)22-12-5-4-7-17(22)15-21-11-6-10-20-21/h1-3,6,8-11,17H,4-5,7,12-16H2. The minimum absolute atomic E-state index is 0.0524. The van der Waals surface area contributed by atoms with Crippen LogP contribution >= 0.6 is 0 Å². The molecule has 6 heteroatoms. The van der Waals surface area contributed by atoms with Gasteiger partial charge in [-0.15, -0.1) is 0 Å². The van der Waals surface area contributed by atoms with Gasteiger partial charge in [0.2, 0.25) is 5.91 Å². The van der Waals surface area contributed by atoms with Crippen molar-refractivity contribution in [2.75, 3.05) is 26.4 Å². The lowest BCUT2D eigenvalue weighted by molar-refractivity contribution is -0.140. The molecule has 2 aromatic rings. The largest absolute Gasteiger partial charge is 0.491 e. The fraction of sp³-hybridized carbons (Fsp3) is 0.474. The predicted octanol–water partition coefficient (Wildman–Crippen LogP) is 2.36. The third-order valence-electron chi connectivity index (χ3n) is 4.37. The van der Waals surface area contributed by atoms with Crippen molar-refractivity contribution >= 4 is 5.91 Å². The molecule has 134 valence electrons. The minimum atomic E-state index is 0.0524. The van der Waals surface area contributed by atoms with Crippen LogP contribution in [0.3, 0.4) is 0 Å². The molecule has 0 bridgehead atoms. The Balaban J connectivity index is 1.40. The summed E-state index contributed by atoms with van der Waals surface area (Å²) >= 11 is 0. The Hall–Kier alpha value is -2.34. The van der Waals surface area contributed by atoms with Crippen molar-refractivity contribution in [1.82, 2.24) is 14.7 Å². The van der Waals surface area contributed by atoms with Gasteiger partial charge in [-0.25, -0.2) is 0 Å². The summed E-state index contributed by atoms with van der Waals surface area (Å²) in [5.41, 5.74) is 0. The van der Waals surface area contributed by atoms with Crippen molar-refractivity contribution < 1.29 is 14.3 Å². The molecule has 0 spiro atoms. The summed E-state index contributed by atoms with van der Waals surface area (Å²) in [5, 5.41) is 4.25. The third-order valence-corrected chi connectivity index (χ3v) is 4.37. The Morgan fingerprint density at radius 2 is 2.04 bits per heavy atom. The maximum absolute atomic E-state index is 12.5. The van der Waals surface area contributed by atoms with Crippen molar-refractivity contribution in [2.24, 2.45) is 0 Å². The van der Waals surface area contributed by atoms with Gasteiger partial charge in [0, 0.05) is 18.9 Å². The average molecular weight is 343 g/mol. The monoisotopic (exact) mass is 343 g/mol. The normalized spacial score (nSPS) is 17.4. The first kappa shape index (κ1) is 17.5. The van der Waals surface area contributed by atoms with E-state index in [0.29, 0.717) is 13.2 Å². The van der Waals surface area contributed by atoms with Crippen molar-refractivity contribution in [3.05, 3.63) is 48.8 Å². The van der Waals surface area contributed by atoms with Gasteiger partial charge in [-0.2, -0.15) is 5.10 Å². The van der Waals surface area contributed by atoms with E-state index in [1.54, 1.807) is 6.20 Å². The third kappa shape index (κ3) is 5.32. The summed E-state index contributed by atoms with van der Waals surface area (Å²) in [6.07, 6.45) is 6.93. The Kier molecular flexibility index (Phi) is 6.45. The van der Waals surface area contributed by atoms with E-state index in [9.17, 15) is 4.79 Å². The molecule has 0 saturated carbocycles. The molecule has 1 atom stereocenters. The molecule has 1 aromatic heterocycles. The quantitative estimate of drug-likeness (QED) is 0.691. The molecule has 3 rings (SSSR count). The Morgan fingerprint density at radius 1 is 1.16 bits per heavy atom. The molecule has 25 heavy (non-hydrogen) atoms. The molecule has 1 saturated heterocycles. The van der Waals surface area contributed by atoms with E-state index in [4.69, 9.17) is 9.47 Å². The number of para-hydroxylation sites is 1. The van der Waals surface area contributed by atoms with Gasteiger partial charge >= 0.3 is 0 Å². The van der Waals surface area contributed by atoms with Crippen LogP contribution in [0.2, 0.25) is 0 Å². The first-order valence-electron chi connectivity index (χ1n) is 8.85. The molecule has 1 aliphatic heterocycles. The molecular formula is C19H25N3O3. The number of carbonyl (C=O) groups is 1. The maximum atomic E-state index is 12.5. The number of rotatable bonds is 8. The topological polar surface area (TPSA) is 56.6 Å². The molecule has 2 heterocycles. The van der Waals surface area contributed by atoms with Crippen molar-refractivity contribution in [3.8, 4) is 5.75 Å². The second-order valence-electron chi connectivity index (χ2n) is 6.18. The van der Waals surface area contributed by atoms with Crippen LogP contribution in [0.4, 0.5) is 0 Å². The Labute approximate surface area is 148 Å². The van der Waals surface area contributed by atoms with Gasteiger partial charge in [-0.3, -0.25) is 9.48 Å². The van der Waals surface area contributed by atoms with E-state index >= 15 is 0 Å². The fourth-order valence-corrected chi connectivity index (χ4v) is 3.12. The summed E-state index contributed by atoms with van der Waals surface area (Å²) in [5.74, 6) is 0.865. The molecule has 0 N–H and O–H groups in total. The average Bonchev–Trinajstić information content (AvgIpc) is 3.16. The number of nitrogens with zero attached hydrogens (tertiary/aromatic N) is 3. The molecule has 0 radical (unpaired) electrons. The zero-order valence-electron chi connectivity index (χ0n) is 14.4. The zero-order chi connectivity index (χ0) is 17.3. The van der Waals surface area contributed by atoms with Crippen LogP contribution in [0.1, 0.15) is 19.3 Å². The zero-order valence-corrected chi connectivity index (χ0v) is 14.4. The molecule has 1 aliphatic rings. The van der Waals surface area contributed by atoms with Crippen LogP contribution in [0.15, 0.2) is 48.8 Å². The second kappa shape index (κ2) is 9.22. The van der Waals surface area contributed by atoms with E-state index in [1.807, 2.05) is 52.2 Å². The van der Waals surface area contributed by atoms with Gasteiger partial charge in [0.25, 0.3) is 0 Å². The lowest BCUT2D eigenvalue weighted by Gasteiger charge is -2.35.